The second kappa shape index (κ2) is 9.00. The number of imidazole rings is 1. The number of ether oxygens (including phenoxy) is 1. The second-order valence-corrected chi connectivity index (χ2v) is 6.82. The molecule has 0 atom stereocenters. The Labute approximate surface area is 160 Å². The van der Waals surface area contributed by atoms with Crippen molar-refractivity contribution >= 4 is 23.0 Å². The summed E-state index contributed by atoms with van der Waals surface area (Å²) in [6, 6.07) is 7.93. The van der Waals surface area contributed by atoms with Crippen molar-refractivity contribution in [1.29, 1.82) is 0 Å². The maximum atomic E-state index is 5.68. The van der Waals surface area contributed by atoms with Crippen molar-refractivity contribution in [3.8, 4) is 5.75 Å². The third kappa shape index (κ3) is 4.74. The van der Waals surface area contributed by atoms with Gasteiger partial charge in [0.1, 0.15) is 11.6 Å². The normalized spacial score (nSPS) is 15.5. The summed E-state index contributed by atoms with van der Waals surface area (Å²) in [4.78, 5) is 9.12. The number of thiocarbonyl (C=S) groups is 1. The van der Waals surface area contributed by atoms with E-state index in [1.54, 1.807) is 0 Å². The molecule has 7 heteroatoms. The highest BCUT2D eigenvalue weighted by atomic mass is 32.1. The molecule has 0 spiro atoms. The molecule has 2 heterocycles. The fourth-order valence-electron chi connectivity index (χ4n) is 3.13. The van der Waals surface area contributed by atoms with E-state index in [1.165, 1.54) is 0 Å². The number of benzene rings is 1. The highest BCUT2D eigenvalue weighted by molar-refractivity contribution is 7.80. The van der Waals surface area contributed by atoms with Gasteiger partial charge in [0.2, 0.25) is 0 Å². The number of aryl methyl sites for hydroxylation is 1. The SMILES string of the molecule is CCOc1ccccc1NC(=S)N1CCCN(Cc2nccn2C)CC1. The Morgan fingerprint density at radius 3 is 2.85 bits per heavy atom. The summed E-state index contributed by atoms with van der Waals surface area (Å²) in [7, 11) is 2.04. The molecule has 6 nitrogen and oxygen atoms in total. The average Bonchev–Trinajstić information content (AvgIpc) is 2.90. The molecular formula is C19H27N5OS. The minimum absolute atomic E-state index is 0.636. The van der Waals surface area contributed by atoms with Crippen molar-refractivity contribution in [3.63, 3.8) is 0 Å². The van der Waals surface area contributed by atoms with Gasteiger partial charge in [-0.1, -0.05) is 12.1 Å². The van der Waals surface area contributed by atoms with Crippen molar-refractivity contribution in [2.45, 2.75) is 19.9 Å². The van der Waals surface area contributed by atoms with E-state index in [2.05, 4.69) is 24.7 Å². The van der Waals surface area contributed by atoms with Gasteiger partial charge in [-0.05, 0) is 37.7 Å². The summed E-state index contributed by atoms with van der Waals surface area (Å²) < 4.78 is 7.76. The van der Waals surface area contributed by atoms with E-state index >= 15 is 0 Å². The number of para-hydroxylation sites is 2. The number of nitrogens with one attached hydrogen (secondary N) is 1. The lowest BCUT2D eigenvalue weighted by Gasteiger charge is -2.25. The monoisotopic (exact) mass is 373 g/mol. The predicted molar refractivity (Wildman–Crippen MR) is 109 cm³/mol. The molecule has 0 unspecified atom stereocenters. The zero-order chi connectivity index (χ0) is 18.4. The molecule has 2 aromatic rings. The molecule has 1 aromatic carbocycles. The van der Waals surface area contributed by atoms with Crippen LogP contribution in [0.5, 0.6) is 5.75 Å². The van der Waals surface area contributed by atoms with E-state index in [-0.39, 0.29) is 0 Å². The highest BCUT2D eigenvalue weighted by Crippen LogP contribution is 2.24. The first-order valence-electron chi connectivity index (χ1n) is 9.13. The lowest BCUT2D eigenvalue weighted by Crippen LogP contribution is -2.38. The quantitative estimate of drug-likeness (QED) is 0.813. The van der Waals surface area contributed by atoms with Gasteiger partial charge >= 0.3 is 0 Å². The number of aromatic nitrogens is 2. The van der Waals surface area contributed by atoms with Gasteiger partial charge in [-0.15, -0.1) is 0 Å². The molecule has 3 rings (SSSR count). The maximum absolute atomic E-state index is 5.68. The Morgan fingerprint density at radius 1 is 1.23 bits per heavy atom. The first kappa shape index (κ1) is 18.7. The van der Waals surface area contributed by atoms with Crippen molar-refractivity contribution in [2.24, 2.45) is 7.05 Å². The average molecular weight is 374 g/mol. The minimum Gasteiger partial charge on any atom is -0.492 e. The molecule has 0 aliphatic carbocycles. The van der Waals surface area contributed by atoms with Gasteiger partial charge in [-0.25, -0.2) is 4.98 Å². The van der Waals surface area contributed by atoms with E-state index in [0.29, 0.717) is 6.61 Å². The standard InChI is InChI=1S/C19H27N5OS/c1-3-25-17-8-5-4-7-16(17)21-19(26)24-11-6-10-23(13-14-24)15-18-20-9-12-22(18)2/h4-5,7-9,12H,3,6,10-11,13-15H2,1-2H3,(H,21,26). The summed E-state index contributed by atoms with van der Waals surface area (Å²) in [5, 5.41) is 4.12. The molecule has 1 fully saturated rings. The summed E-state index contributed by atoms with van der Waals surface area (Å²) >= 11 is 5.66. The third-order valence-corrected chi connectivity index (χ3v) is 4.95. The van der Waals surface area contributed by atoms with Gasteiger partial charge in [0.05, 0.1) is 18.8 Å². The van der Waals surface area contributed by atoms with Crippen LogP contribution in [0.4, 0.5) is 5.69 Å². The summed E-state index contributed by atoms with van der Waals surface area (Å²) in [6.45, 7) is 7.40. The number of hydrogen-bond acceptors (Lipinski definition) is 4. The van der Waals surface area contributed by atoms with Crippen LogP contribution < -0.4 is 10.1 Å². The number of anilines is 1. The summed E-state index contributed by atoms with van der Waals surface area (Å²) in [6.07, 6.45) is 4.93. The molecule has 1 aliphatic heterocycles. The van der Waals surface area contributed by atoms with E-state index in [1.807, 2.05) is 50.6 Å². The van der Waals surface area contributed by atoms with Gasteiger partial charge in [-0.2, -0.15) is 0 Å². The van der Waals surface area contributed by atoms with Crippen molar-refractivity contribution < 1.29 is 4.74 Å². The number of nitrogens with zero attached hydrogens (tertiary/aromatic N) is 4. The van der Waals surface area contributed by atoms with Crippen LogP contribution in [0.1, 0.15) is 19.2 Å². The molecule has 0 radical (unpaired) electrons. The summed E-state index contributed by atoms with van der Waals surface area (Å²) in [5.74, 6) is 1.94. The van der Waals surface area contributed by atoms with Crippen LogP contribution in [-0.4, -0.2) is 57.2 Å². The fourth-order valence-corrected chi connectivity index (χ4v) is 3.42. The Morgan fingerprint density at radius 2 is 2.08 bits per heavy atom. The van der Waals surface area contributed by atoms with Gasteiger partial charge in [-0.3, -0.25) is 4.90 Å². The van der Waals surface area contributed by atoms with Crippen molar-refractivity contribution in [3.05, 3.63) is 42.5 Å². The number of rotatable bonds is 5. The first-order valence-corrected chi connectivity index (χ1v) is 9.54. The van der Waals surface area contributed by atoms with Crippen LogP contribution in [0, 0.1) is 0 Å². The van der Waals surface area contributed by atoms with Crippen LogP contribution in [-0.2, 0) is 13.6 Å². The Hall–Kier alpha value is -2.12. The molecule has 1 N–H and O–H groups in total. The molecule has 0 amide bonds. The van der Waals surface area contributed by atoms with Gasteiger partial charge in [0, 0.05) is 45.6 Å². The molecular weight excluding hydrogens is 346 g/mol. The lowest BCUT2D eigenvalue weighted by atomic mass is 10.3. The molecule has 1 aliphatic rings. The smallest absolute Gasteiger partial charge is 0.173 e. The van der Waals surface area contributed by atoms with E-state index < -0.39 is 0 Å². The maximum Gasteiger partial charge on any atom is 0.173 e. The van der Waals surface area contributed by atoms with Crippen LogP contribution in [0.2, 0.25) is 0 Å². The third-order valence-electron chi connectivity index (χ3n) is 4.59. The van der Waals surface area contributed by atoms with Crippen LogP contribution in [0.3, 0.4) is 0 Å². The van der Waals surface area contributed by atoms with Crippen LogP contribution >= 0.6 is 12.2 Å². The number of hydrogen-bond donors (Lipinski definition) is 1. The molecule has 26 heavy (non-hydrogen) atoms. The zero-order valence-corrected chi connectivity index (χ0v) is 16.3. The van der Waals surface area contributed by atoms with Gasteiger partial charge < -0.3 is 19.5 Å². The molecule has 1 aromatic heterocycles. The minimum atomic E-state index is 0.636. The van der Waals surface area contributed by atoms with Gasteiger partial charge in [0.15, 0.2) is 5.11 Å². The second-order valence-electron chi connectivity index (χ2n) is 6.43. The zero-order valence-electron chi connectivity index (χ0n) is 15.5. The van der Waals surface area contributed by atoms with E-state index in [0.717, 1.165) is 61.5 Å². The van der Waals surface area contributed by atoms with Crippen LogP contribution in [0.25, 0.3) is 0 Å². The van der Waals surface area contributed by atoms with Crippen molar-refractivity contribution in [2.75, 3.05) is 38.1 Å². The van der Waals surface area contributed by atoms with E-state index in [9.17, 15) is 0 Å². The molecule has 0 bridgehead atoms. The fraction of sp³-hybridized carbons (Fsp3) is 0.474. The molecule has 0 saturated carbocycles. The summed E-state index contributed by atoms with van der Waals surface area (Å²) in [5.41, 5.74) is 0.925. The largest absolute Gasteiger partial charge is 0.492 e. The topological polar surface area (TPSA) is 45.6 Å². The molecule has 1 saturated heterocycles. The van der Waals surface area contributed by atoms with E-state index in [4.69, 9.17) is 17.0 Å². The van der Waals surface area contributed by atoms with Crippen molar-refractivity contribution in [1.82, 2.24) is 19.4 Å². The predicted octanol–water partition coefficient (Wildman–Crippen LogP) is 2.72. The highest BCUT2D eigenvalue weighted by Gasteiger charge is 2.18. The Balaban J connectivity index is 1.57. The Bertz CT molecular complexity index is 732. The first-order chi connectivity index (χ1) is 12.7. The molecule has 140 valence electrons. The van der Waals surface area contributed by atoms with Gasteiger partial charge in [0.25, 0.3) is 0 Å². The Kier molecular flexibility index (Phi) is 6.46. The lowest BCUT2D eigenvalue weighted by molar-refractivity contribution is 0.269. The van der Waals surface area contributed by atoms with Crippen LogP contribution in [0.15, 0.2) is 36.7 Å².